The van der Waals surface area contributed by atoms with Crippen LogP contribution in [-0.4, -0.2) is 33.1 Å². The summed E-state index contributed by atoms with van der Waals surface area (Å²) in [5.74, 6) is 3.75. The Hall–Kier alpha value is -2.23. The molecule has 2 aromatic rings. The van der Waals surface area contributed by atoms with Crippen LogP contribution in [0.15, 0.2) is 35.5 Å². The molecule has 2 N–H and O–H groups in total. The number of carbonyl (C=O) groups excluding carboxylic acids is 1. The summed E-state index contributed by atoms with van der Waals surface area (Å²) in [7, 11) is 1.59. The summed E-state index contributed by atoms with van der Waals surface area (Å²) in [5.41, 5.74) is 0.676. The first-order valence-electron chi connectivity index (χ1n) is 6.48. The maximum atomic E-state index is 12.6. The molecule has 1 heterocycles. The van der Waals surface area contributed by atoms with Crippen LogP contribution < -0.4 is 10.7 Å². The van der Waals surface area contributed by atoms with E-state index in [1.165, 1.54) is 4.90 Å². The fourth-order valence-electron chi connectivity index (χ4n) is 1.81. The average Bonchev–Trinajstić information content (AvgIpc) is 2.87. The van der Waals surface area contributed by atoms with Gasteiger partial charge in [0.25, 0.3) is 5.82 Å². The Balaban J connectivity index is 2.12. The van der Waals surface area contributed by atoms with Crippen molar-refractivity contribution in [3.05, 3.63) is 36.2 Å². The van der Waals surface area contributed by atoms with Crippen molar-refractivity contribution in [2.24, 2.45) is 0 Å². The number of amides is 1. The van der Waals surface area contributed by atoms with Crippen LogP contribution in [0.2, 0.25) is 0 Å². The number of benzene rings is 1. The quantitative estimate of drug-likeness (QED) is 0.679. The van der Waals surface area contributed by atoms with E-state index in [0.29, 0.717) is 10.4 Å². The lowest BCUT2D eigenvalue weighted by atomic mass is 10.3. The molecule has 10 heteroatoms. The van der Waals surface area contributed by atoms with Crippen LogP contribution >= 0.6 is 11.8 Å². The molecule has 0 radical (unpaired) electrons. The monoisotopic (exact) mass is 345 g/mol. The average molecular weight is 345 g/mol. The molecule has 2 rings (SSSR count). The van der Waals surface area contributed by atoms with Gasteiger partial charge in [-0.3, -0.25) is 4.79 Å². The summed E-state index contributed by atoms with van der Waals surface area (Å²) < 4.78 is 38.2. The highest BCUT2D eigenvalue weighted by Gasteiger charge is 2.38. The summed E-state index contributed by atoms with van der Waals surface area (Å²) in [6.45, 7) is 1.56. The third-order valence-corrected chi connectivity index (χ3v) is 4.07. The zero-order chi connectivity index (χ0) is 17.2. The van der Waals surface area contributed by atoms with Crippen molar-refractivity contribution < 1.29 is 18.0 Å². The second-order valence-electron chi connectivity index (χ2n) is 4.67. The molecule has 124 valence electrons. The predicted molar refractivity (Wildman–Crippen MR) is 80.3 cm³/mol. The molecule has 1 aromatic heterocycles. The lowest BCUT2D eigenvalue weighted by Crippen LogP contribution is -2.33. The largest absolute Gasteiger partial charge is 0.453 e. The number of hydrogen-bond donors (Lipinski definition) is 1. The van der Waals surface area contributed by atoms with E-state index < -0.39 is 17.3 Å². The first kappa shape index (κ1) is 17.1. The Morgan fingerprint density at radius 2 is 1.91 bits per heavy atom. The van der Waals surface area contributed by atoms with E-state index in [1.54, 1.807) is 38.2 Å². The van der Waals surface area contributed by atoms with Gasteiger partial charge < -0.3 is 10.7 Å². The standard InChI is InChI=1S/C13H14F3N5OS/c1-8(10(22)20(2)9-6-4-3-5-7-9)23-12-19-18-11(21(12)17)13(14,15)16/h3-8H,17H2,1-2H3/t8-/m0/s1. The highest BCUT2D eigenvalue weighted by atomic mass is 32.2. The van der Waals surface area contributed by atoms with Gasteiger partial charge in [-0.2, -0.15) is 13.2 Å². The van der Waals surface area contributed by atoms with Gasteiger partial charge in [0.1, 0.15) is 0 Å². The van der Waals surface area contributed by atoms with E-state index in [9.17, 15) is 18.0 Å². The molecule has 0 spiro atoms. The molecule has 1 aromatic carbocycles. The molecule has 0 saturated carbocycles. The fraction of sp³-hybridized carbons (Fsp3) is 0.308. The van der Waals surface area contributed by atoms with Crippen LogP contribution in [0.3, 0.4) is 0 Å². The molecular formula is C13H14F3N5OS. The van der Waals surface area contributed by atoms with Gasteiger partial charge in [-0.05, 0) is 19.1 Å². The normalized spacial score (nSPS) is 12.9. The molecule has 0 aliphatic heterocycles. The Morgan fingerprint density at radius 3 is 2.43 bits per heavy atom. The third kappa shape index (κ3) is 3.76. The minimum atomic E-state index is -4.70. The fourth-order valence-corrected chi connectivity index (χ4v) is 2.67. The van der Waals surface area contributed by atoms with Gasteiger partial charge in [0.15, 0.2) is 0 Å². The number of rotatable bonds is 4. The van der Waals surface area contributed by atoms with Gasteiger partial charge in [-0.25, -0.2) is 4.68 Å². The molecule has 0 saturated heterocycles. The van der Waals surface area contributed by atoms with E-state index >= 15 is 0 Å². The van der Waals surface area contributed by atoms with Crippen molar-refractivity contribution in [2.45, 2.75) is 23.5 Å². The molecule has 23 heavy (non-hydrogen) atoms. The number of para-hydroxylation sites is 1. The Kier molecular flexibility index (Phi) is 4.83. The predicted octanol–water partition coefficient (Wildman–Crippen LogP) is 2.15. The van der Waals surface area contributed by atoms with E-state index in [-0.39, 0.29) is 11.1 Å². The number of halogens is 3. The summed E-state index contributed by atoms with van der Waals surface area (Å²) >= 11 is 0.811. The van der Waals surface area contributed by atoms with Crippen molar-refractivity contribution in [3.63, 3.8) is 0 Å². The number of hydrogen-bond acceptors (Lipinski definition) is 5. The van der Waals surface area contributed by atoms with Crippen molar-refractivity contribution in [1.82, 2.24) is 14.9 Å². The summed E-state index contributed by atoms with van der Waals surface area (Å²) in [4.78, 5) is 13.8. The second-order valence-corrected chi connectivity index (χ2v) is 5.97. The minimum Gasteiger partial charge on any atom is -0.335 e. The summed E-state index contributed by atoms with van der Waals surface area (Å²) in [6.07, 6.45) is -4.70. The molecule has 0 aliphatic carbocycles. The van der Waals surface area contributed by atoms with Gasteiger partial charge in [0.2, 0.25) is 11.1 Å². The van der Waals surface area contributed by atoms with Gasteiger partial charge in [-0.15, -0.1) is 10.2 Å². The molecule has 0 bridgehead atoms. The molecule has 6 nitrogen and oxygen atoms in total. The number of anilines is 1. The second kappa shape index (κ2) is 6.49. The summed E-state index contributed by atoms with van der Waals surface area (Å²) in [6, 6.07) is 8.88. The molecule has 0 unspecified atom stereocenters. The van der Waals surface area contributed by atoms with E-state index in [4.69, 9.17) is 5.84 Å². The Morgan fingerprint density at radius 1 is 1.30 bits per heavy atom. The molecule has 0 aliphatic rings. The van der Waals surface area contributed by atoms with Crippen molar-refractivity contribution in [1.29, 1.82) is 0 Å². The molecule has 1 amide bonds. The van der Waals surface area contributed by atoms with E-state index in [0.717, 1.165) is 11.8 Å². The highest BCUT2D eigenvalue weighted by molar-refractivity contribution is 8.00. The zero-order valence-corrected chi connectivity index (χ0v) is 13.1. The highest BCUT2D eigenvalue weighted by Crippen LogP contribution is 2.30. The number of nitrogens with zero attached hydrogens (tertiary/aromatic N) is 4. The van der Waals surface area contributed by atoms with Crippen molar-refractivity contribution in [3.8, 4) is 0 Å². The van der Waals surface area contributed by atoms with Gasteiger partial charge in [0, 0.05) is 12.7 Å². The van der Waals surface area contributed by atoms with Gasteiger partial charge >= 0.3 is 6.18 Å². The van der Waals surface area contributed by atoms with Gasteiger partial charge in [0.05, 0.1) is 5.25 Å². The SMILES string of the molecule is C[C@H](Sc1nnc(C(F)(F)F)n1N)C(=O)N(C)c1ccccc1. The zero-order valence-electron chi connectivity index (χ0n) is 12.3. The number of thioether (sulfide) groups is 1. The topological polar surface area (TPSA) is 77.0 Å². The Bertz CT molecular complexity index is 689. The number of alkyl halides is 3. The smallest absolute Gasteiger partial charge is 0.335 e. The maximum Gasteiger partial charge on any atom is 0.453 e. The van der Waals surface area contributed by atoms with Crippen LogP contribution in [0.4, 0.5) is 18.9 Å². The van der Waals surface area contributed by atoms with E-state index in [2.05, 4.69) is 10.2 Å². The lowest BCUT2D eigenvalue weighted by molar-refractivity contribution is -0.146. The first-order valence-corrected chi connectivity index (χ1v) is 7.36. The molecule has 1 atom stereocenters. The number of aromatic nitrogens is 3. The maximum absolute atomic E-state index is 12.6. The van der Waals surface area contributed by atoms with Crippen LogP contribution in [-0.2, 0) is 11.0 Å². The van der Waals surface area contributed by atoms with Gasteiger partial charge in [-0.1, -0.05) is 30.0 Å². The molecule has 0 fully saturated rings. The van der Waals surface area contributed by atoms with E-state index in [1.807, 2.05) is 6.07 Å². The Labute approximate surface area is 134 Å². The number of nitrogen functional groups attached to an aromatic ring is 1. The number of nitrogens with two attached hydrogens (primary N) is 1. The third-order valence-electron chi connectivity index (χ3n) is 3.02. The van der Waals surface area contributed by atoms with Crippen LogP contribution in [0.5, 0.6) is 0 Å². The molecular weight excluding hydrogens is 331 g/mol. The lowest BCUT2D eigenvalue weighted by Gasteiger charge is -2.20. The van der Waals surface area contributed by atoms with Crippen LogP contribution in [0.1, 0.15) is 12.7 Å². The number of carbonyl (C=O) groups is 1. The summed E-state index contributed by atoms with van der Waals surface area (Å²) in [5, 5.41) is 5.55. The van der Waals surface area contributed by atoms with Crippen molar-refractivity contribution >= 4 is 23.4 Å². The van der Waals surface area contributed by atoms with Crippen LogP contribution in [0.25, 0.3) is 0 Å². The first-order chi connectivity index (χ1) is 10.7. The minimum absolute atomic E-state index is 0.181. The van der Waals surface area contributed by atoms with Crippen LogP contribution in [0, 0.1) is 0 Å². The van der Waals surface area contributed by atoms with Crippen molar-refractivity contribution in [2.75, 3.05) is 17.8 Å².